The lowest BCUT2D eigenvalue weighted by atomic mass is 9.61. The van der Waals surface area contributed by atoms with Crippen LogP contribution in [0.5, 0.6) is 0 Å². The number of hydrogen-bond acceptors (Lipinski definition) is 1. The van der Waals surface area contributed by atoms with Crippen LogP contribution >= 0.6 is 0 Å². The summed E-state index contributed by atoms with van der Waals surface area (Å²) in [6.45, 7) is 0. The van der Waals surface area contributed by atoms with Gasteiger partial charge in [0, 0.05) is 16.9 Å². The van der Waals surface area contributed by atoms with E-state index in [9.17, 15) is 0 Å². The smallest absolute Gasteiger partial charge is 0.0726 e. The van der Waals surface area contributed by atoms with E-state index in [-0.39, 0.29) is 0 Å². The zero-order chi connectivity index (χ0) is 38.2. The van der Waals surface area contributed by atoms with Gasteiger partial charge in [-0.25, -0.2) is 0 Å². The fourth-order valence-corrected chi connectivity index (χ4v) is 10.3. The fourth-order valence-electron chi connectivity index (χ4n) is 10.3. The average Bonchev–Trinajstić information content (AvgIpc) is 3.60. The second-order valence-corrected chi connectivity index (χ2v) is 15.6. The van der Waals surface area contributed by atoms with Crippen molar-refractivity contribution in [1.82, 2.24) is 0 Å². The monoisotopic (exact) mass is 735 g/mol. The number of fused-ring (bicyclic) bond motifs is 11. The van der Waals surface area contributed by atoms with Gasteiger partial charge in [0.15, 0.2) is 0 Å². The first-order valence-corrected chi connectivity index (χ1v) is 20.2. The summed E-state index contributed by atoms with van der Waals surface area (Å²) in [7, 11) is 0. The highest BCUT2D eigenvalue weighted by atomic mass is 15.1. The second-order valence-electron chi connectivity index (χ2n) is 15.6. The zero-order valence-electron chi connectivity index (χ0n) is 31.8. The number of rotatable bonds is 5. The standard InChI is InChI=1S/C57H37N/c1-3-14-38(15-4-1)40-28-33-44(34-29-40)58(45-35-30-41(31-36-45)39-16-5-2-6-17-39)53-27-13-26-51-56(53)47-22-9-10-24-49(47)57(51)50-25-12-20-43-19-11-23-48(54(43)50)55-46-21-8-7-18-42(46)32-37-52(55)57/h1-37H. The van der Waals surface area contributed by atoms with Gasteiger partial charge >= 0.3 is 0 Å². The molecule has 10 aromatic carbocycles. The van der Waals surface area contributed by atoms with E-state index in [0.29, 0.717) is 0 Å². The molecule has 0 radical (unpaired) electrons. The summed E-state index contributed by atoms with van der Waals surface area (Å²) in [5, 5.41) is 5.17. The Morgan fingerprint density at radius 2 is 0.793 bits per heavy atom. The van der Waals surface area contributed by atoms with Crippen molar-refractivity contribution in [2.45, 2.75) is 5.41 Å². The van der Waals surface area contributed by atoms with Crippen molar-refractivity contribution in [2.75, 3.05) is 4.90 Å². The molecule has 270 valence electrons. The lowest BCUT2D eigenvalue weighted by Crippen LogP contribution is -2.32. The third-order valence-electron chi connectivity index (χ3n) is 12.7. The Labute approximate surface area is 338 Å². The molecule has 0 aliphatic heterocycles. The summed E-state index contributed by atoms with van der Waals surface area (Å²) in [5.41, 5.74) is 18.2. The van der Waals surface area contributed by atoms with Crippen LogP contribution in [0.4, 0.5) is 17.1 Å². The van der Waals surface area contributed by atoms with Gasteiger partial charge in [0.25, 0.3) is 0 Å². The van der Waals surface area contributed by atoms with E-state index >= 15 is 0 Å². The summed E-state index contributed by atoms with van der Waals surface area (Å²) in [6.07, 6.45) is 0. The Morgan fingerprint density at radius 3 is 1.50 bits per heavy atom. The van der Waals surface area contributed by atoms with Gasteiger partial charge in [-0.15, -0.1) is 0 Å². The predicted octanol–water partition coefficient (Wildman–Crippen LogP) is 15.1. The number of hydrogen-bond donors (Lipinski definition) is 0. The van der Waals surface area contributed by atoms with Gasteiger partial charge in [0.2, 0.25) is 0 Å². The van der Waals surface area contributed by atoms with Crippen molar-refractivity contribution in [2.24, 2.45) is 0 Å². The molecule has 10 aromatic rings. The largest absolute Gasteiger partial charge is 0.310 e. The highest BCUT2D eigenvalue weighted by Gasteiger charge is 2.51. The van der Waals surface area contributed by atoms with Crippen LogP contribution < -0.4 is 4.90 Å². The van der Waals surface area contributed by atoms with Crippen molar-refractivity contribution in [1.29, 1.82) is 0 Å². The number of anilines is 3. The fraction of sp³-hybridized carbons (Fsp3) is 0.0175. The Hall–Kier alpha value is -7.48. The lowest BCUT2D eigenvalue weighted by molar-refractivity contribution is 0.775. The minimum Gasteiger partial charge on any atom is -0.310 e. The molecular weight excluding hydrogens is 699 g/mol. The van der Waals surface area contributed by atoms with Crippen LogP contribution in [0.2, 0.25) is 0 Å². The van der Waals surface area contributed by atoms with Gasteiger partial charge in [-0.1, -0.05) is 194 Å². The van der Waals surface area contributed by atoms with E-state index in [1.807, 2.05) is 0 Å². The maximum atomic E-state index is 2.47. The summed E-state index contributed by atoms with van der Waals surface area (Å²) < 4.78 is 0. The maximum Gasteiger partial charge on any atom is 0.0726 e. The summed E-state index contributed by atoms with van der Waals surface area (Å²) in [4.78, 5) is 2.47. The van der Waals surface area contributed by atoms with Gasteiger partial charge < -0.3 is 4.90 Å². The van der Waals surface area contributed by atoms with Gasteiger partial charge in [0.05, 0.1) is 11.1 Å². The molecule has 2 aliphatic rings. The third kappa shape index (κ3) is 4.65. The third-order valence-corrected chi connectivity index (χ3v) is 12.7. The van der Waals surface area contributed by atoms with Crippen LogP contribution in [0.15, 0.2) is 224 Å². The van der Waals surface area contributed by atoms with Crippen molar-refractivity contribution in [3.05, 3.63) is 247 Å². The predicted molar refractivity (Wildman–Crippen MR) is 243 cm³/mol. The number of nitrogens with zero attached hydrogens (tertiary/aromatic N) is 1. The van der Waals surface area contributed by atoms with Gasteiger partial charge in [-0.3, -0.25) is 0 Å². The molecule has 0 saturated carbocycles. The molecular formula is C57H37N. The molecule has 1 spiro atoms. The Balaban J connectivity index is 1.15. The average molecular weight is 736 g/mol. The second kappa shape index (κ2) is 12.8. The molecule has 0 aromatic heterocycles. The molecule has 1 unspecified atom stereocenters. The Morgan fingerprint density at radius 1 is 0.293 bits per heavy atom. The molecule has 0 N–H and O–H groups in total. The highest BCUT2D eigenvalue weighted by molar-refractivity contribution is 6.14. The van der Waals surface area contributed by atoms with Crippen LogP contribution in [-0.2, 0) is 5.41 Å². The van der Waals surface area contributed by atoms with Crippen LogP contribution in [0.25, 0.3) is 66.1 Å². The molecule has 1 nitrogen and oxygen atoms in total. The van der Waals surface area contributed by atoms with Crippen molar-refractivity contribution in [3.63, 3.8) is 0 Å². The first-order valence-electron chi connectivity index (χ1n) is 20.2. The summed E-state index contributed by atoms with van der Waals surface area (Å²) in [6, 6.07) is 83.1. The van der Waals surface area contributed by atoms with E-state index < -0.39 is 5.41 Å². The first kappa shape index (κ1) is 32.7. The van der Waals surface area contributed by atoms with Crippen molar-refractivity contribution >= 4 is 38.6 Å². The molecule has 12 rings (SSSR count). The topological polar surface area (TPSA) is 3.24 Å². The maximum absolute atomic E-state index is 2.47. The van der Waals surface area contributed by atoms with Gasteiger partial charge in [0.1, 0.15) is 0 Å². The van der Waals surface area contributed by atoms with Crippen LogP contribution in [0.1, 0.15) is 22.3 Å². The van der Waals surface area contributed by atoms with E-state index in [1.165, 1.54) is 88.3 Å². The zero-order valence-corrected chi connectivity index (χ0v) is 31.8. The molecule has 0 heterocycles. The van der Waals surface area contributed by atoms with E-state index in [1.54, 1.807) is 0 Å². The summed E-state index contributed by atoms with van der Waals surface area (Å²) in [5.74, 6) is 0. The van der Waals surface area contributed by atoms with Crippen molar-refractivity contribution < 1.29 is 0 Å². The quantitative estimate of drug-likeness (QED) is 0.170. The van der Waals surface area contributed by atoms with E-state index in [4.69, 9.17) is 0 Å². The molecule has 0 amide bonds. The van der Waals surface area contributed by atoms with Crippen LogP contribution in [0, 0.1) is 0 Å². The number of benzene rings is 10. The molecule has 2 aliphatic carbocycles. The minimum absolute atomic E-state index is 0.533. The minimum atomic E-state index is -0.533. The molecule has 1 atom stereocenters. The highest BCUT2D eigenvalue weighted by Crippen LogP contribution is 2.64. The van der Waals surface area contributed by atoms with Gasteiger partial charge in [-0.05, 0) is 113 Å². The van der Waals surface area contributed by atoms with Gasteiger partial charge in [-0.2, -0.15) is 0 Å². The SMILES string of the molecule is c1ccc(-c2ccc(N(c3ccc(-c4ccccc4)cc3)c3cccc4c3-c3ccccc3C43c4ccc5ccccc5c4-c4cccc5cccc3c45)cc2)cc1. The first-order chi connectivity index (χ1) is 28.8. The van der Waals surface area contributed by atoms with Crippen LogP contribution in [-0.4, -0.2) is 0 Å². The van der Waals surface area contributed by atoms with E-state index in [2.05, 4.69) is 229 Å². The molecule has 0 saturated heterocycles. The summed E-state index contributed by atoms with van der Waals surface area (Å²) >= 11 is 0. The molecule has 58 heavy (non-hydrogen) atoms. The lowest BCUT2D eigenvalue weighted by Gasteiger charge is -2.40. The van der Waals surface area contributed by atoms with Crippen LogP contribution in [0.3, 0.4) is 0 Å². The normalized spacial score (nSPS) is 14.6. The Kier molecular flexibility index (Phi) is 7.21. The van der Waals surface area contributed by atoms with E-state index in [0.717, 1.165) is 17.1 Å². The molecule has 0 bridgehead atoms. The van der Waals surface area contributed by atoms with Crippen molar-refractivity contribution in [3.8, 4) is 44.5 Å². The Bertz CT molecular complexity index is 3110. The molecule has 0 fully saturated rings. The molecule has 1 heteroatoms.